The highest BCUT2D eigenvalue weighted by Gasteiger charge is 2.24. The molecule has 1 aromatic heterocycles. The average Bonchev–Trinajstić information content (AvgIpc) is 3.44. The molecule has 32 heavy (non-hydrogen) atoms. The molecule has 1 aliphatic rings. The number of hydrogen-bond acceptors (Lipinski definition) is 5. The molecule has 9 heteroatoms. The van der Waals surface area contributed by atoms with Gasteiger partial charge in [-0.05, 0) is 54.6 Å². The Kier molecular flexibility index (Phi) is 6.29. The van der Waals surface area contributed by atoms with Crippen LogP contribution in [0.5, 0.6) is 0 Å². The van der Waals surface area contributed by atoms with E-state index < -0.39 is 15.9 Å². The van der Waals surface area contributed by atoms with E-state index in [1.807, 2.05) is 43.3 Å². The van der Waals surface area contributed by atoms with E-state index in [1.54, 1.807) is 22.4 Å². The molecule has 7 nitrogen and oxygen atoms in total. The van der Waals surface area contributed by atoms with Crippen LogP contribution < -0.4 is 14.9 Å². The van der Waals surface area contributed by atoms with Crippen molar-refractivity contribution in [3.05, 3.63) is 76.0 Å². The maximum absolute atomic E-state index is 12.8. The topological polar surface area (TPSA) is 95.6 Å². The molecule has 2 heterocycles. The molecule has 2 N–H and O–H groups in total. The predicted octanol–water partition coefficient (Wildman–Crippen LogP) is 3.91. The van der Waals surface area contributed by atoms with E-state index in [4.69, 9.17) is 0 Å². The maximum atomic E-state index is 12.8. The molecule has 166 valence electrons. The Balaban J connectivity index is 1.42. The van der Waals surface area contributed by atoms with Crippen molar-refractivity contribution in [1.82, 2.24) is 5.32 Å². The average molecular weight is 470 g/mol. The molecule has 0 spiro atoms. The molecular weight excluding hydrogens is 446 g/mol. The third kappa shape index (κ3) is 4.84. The van der Waals surface area contributed by atoms with E-state index in [0.29, 0.717) is 12.1 Å². The first-order valence-corrected chi connectivity index (χ1v) is 12.5. The smallest absolute Gasteiger partial charge is 0.263 e. The van der Waals surface area contributed by atoms with Crippen LogP contribution in [0.15, 0.2) is 64.9 Å². The molecule has 2 amide bonds. The minimum atomic E-state index is -3.90. The van der Waals surface area contributed by atoms with Crippen LogP contribution in [-0.2, 0) is 21.4 Å². The molecule has 0 unspecified atom stereocenters. The number of carbonyl (C=O) groups is 2. The number of sulfonamides is 1. The quantitative estimate of drug-likeness (QED) is 0.548. The molecule has 0 radical (unpaired) electrons. The second-order valence-electron chi connectivity index (χ2n) is 7.58. The Morgan fingerprint density at radius 3 is 2.44 bits per heavy atom. The zero-order chi connectivity index (χ0) is 22.7. The Hall–Kier alpha value is -3.17. The SMILES string of the molecule is Cc1ccc(NS(=O)(=O)c2ccsc2C(=O)NCc2ccc(N3CCCC3=O)cc2)cc1. The van der Waals surface area contributed by atoms with Crippen molar-refractivity contribution in [3.63, 3.8) is 0 Å². The van der Waals surface area contributed by atoms with Gasteiger partial charge in [0.1, 0.15) is 9.77 Å². The van der Waals surface area contributed by atoms with Crippen molar-refractivity contribution in [1.29, 1.82) is 0 Å². The van der Waals surface area contributed by atoms with Crippen LogP contribution in [0.4, 0.5) is 11.4 Å². The summed E-state index contributed by atoms with van der Waals surface area (Å²) in [7, 11) is -3.90. The number of aryl methyl sites for hydroxylation is 1. The van der Waals surface area contributed by atoms with Crippen LogP contribution in [0.25, 0.3) is 0 Å². The summed E-state index contributed by atoms with van der Waals surface area (Å²) in [5.74, 6) is -0.334. The highest BCUT2D eigenvalue weighted by atomic mass is 32.2. The highest BCUT2D eigenvalue weighted by Crippen LogP contribution is 2.25. The lowest BCUT2D eigenvalue weighted by Crippen LogP contribution is -2.25. The lowest BCUT2D eigenvalue weighted by Gasteiger charge is -2.16. The normalized spacial score (nSPS) is 13.9. The Bertz CT molecular complexity index is 1230. The maximum Gasteiger partial charge on any atom is 0.263 e. The summed E-state index contributed by atoms with van der Waals surface area (Å²) in [4.78, 5) is 26.4. The van der Waals surface area contributed by atoms with Crippen LogP contribution in [0.3, 0.4) is 0 Å². The van der Waals surface area contributed by atoms with Gasteiger partial charge in [-0.3, -0.25) is 14.3 Å². The molecule has 0 bridgehead atoms. The van der Waals surface area contributed by atoms with Crippen molar-refractivity contribution in [2.24, 2.45) is 0 Å². The Morgan fingerprint density at radius 1 is 1.06 bits per heavy atom. The molecule has 1 saturated heterocycles. The number of rotatable bonds is 7. The summed E-state index contributed by atoms with van der Waals surface area (Å²) >= 11 is 1.08. The van der Waals surface area contributed by atoms with Crippen LogP contribution in [0, 0.1) is 6.92 Å². The summed E-state index contributed by atoms with van der Waals surface area (Å²) in [6, 6.07) is 15.8. The molecule has 0 atom stereocenters. The first kappa shape index (κ1) is 22.0. The lowest BCUT2D eigenvalue weighted by atomic mass is 10.2. The van der Waals surface area contributed by atoms with Crippen LogP contribution in [-0.4, -0.2) is 26.8 Å². The molecule has 1 fully saturated rings. The van der Waals surface area contributed by atoms with Crippen molar-refractivity contribution in [2.45, 2.75) is 31.2 Å². The minimum absolute atomic E-state index is 0.0523. The summed E-state index contributed by atoms with van der Waals surface area (Å²) < 4.78 is 28.2. The second-order valence-corrected chi connectivity index (χ2v) is 10.2. The standard InChI is InChI=1S/C23H23N3O4S2/c1-16-4-8-18(9-5-16)25-32(29,30)20-12-14-31-22(20)23(28)24-15-17-6-10-19(11-7-17)26-13-2-3-21(26)27/h4-12,14,25H,2-3,13,15H2,1H3,(H,24,28). The first-order chi connectivity index (χ1) is 15.3. The van der Waals surface area contributed by atoms with Crippen molar-refractivity contribution < 1.29 is 18.0 Å². The number of nitrogens with zero attached hydrogens (tertiary/aromatic N) is 1. The van der Waals surface area contributed by atoms with Gasteiger partial charge in [-0.15, -0.1) is 11.3 Å². The lowest BCUT2D eigenvalue weighted by molar-refractivity contribution is -0.117. The van der Waals surface area contributed by atoms with Gasteiger partial charge in [-0.1, -0.05) is 29.8 Å². The molecule has 3 aromatic rings. The third-order valence-corrected chi connectivity index (χ3v) is 7.67. The van der Waals surface area contributed by atoms with Crippen LogP contribution >= 0.6 is 11.3 Å². The van der Waals surface area contributed by atoms with Gasteiger partial charge in [0.25, 0.3) is 15.9 Å². The largest absolute Gasteiger partial charge is 0.347 e. The number of benzene rings is 2. The van der Waals surface area contributed by atoms with Gasteiger partial charge in [0.05, 0.1) is 0 Å². The van der Waals surface area contributed by atoms with Crippen LogP contribution in [0.1, 0.15) is 33.6 Å². The molecule has 0 aliphatic carbocycles. The summed E-state index contributed by atoms with van der Waals surface area (Å²) in [6.45, 7) is 2.88. The monoisotopic (exact) mass is 469 g/mol. The number of hydrogen-bond donors (Lipinski definition) is 2. The fourth-order valence-corrected chi connectivity index (χ4v) is 5.89. The van der Waals surface area contributed by atoms with Crippen molar-refractivity contribution in [3.8, 4) is 0 Å². The summed E-state index contributed by atoms with van der Waals surface area (Å²) in [6.07, 6.45) is 1.43. The van der Waals surface area contributed by atoms with Gasteiger partial charge in [-0.25, -0.2) is 8.42 Å². The van der Waals surface area contributed by atoms with Gasteiger partial charge < -0.3 is 10.2 Å². The van der Waals surface area contributed by atoms with E-state index in [1.165, 1.54) is 6.07 Å². The van der Waals surface area contributed by atoms with E-state index in [-0.39, 0.29) is 22.2 Å². The third-order valence-electron chi connectivity index (χ3n) is 5.20. The van der Waals surface area contributed by atoms with Gasteiger partial charge >= 0.3 is 0 Å². The summed E-state index contributed by atoms with van der Waals surface area (Å²) in [5, 5.41) is 4.37. The first-order valence-electron chi connectivity index (χ1n) is 10.2. The molecule has 4 rings (SSSR count). The van der Waals surface area contributed by atoms with Gasteiger partial charge in [-0.2, -0.15) is 0 Å². The van der Waals surface area contributed by atoms with E-state index in [2.05, 4.69) is 10.0 Å². The van der Waals surface area contributed by atoms with Gasteiger partial charge in [0.15, 0.2) is 0 Å². The van der Waals surface area contributed by atoms with Crippen LogP contribution in [0.2, 0.25) is 0 Å². The number of nitrogens with one attached hydrogen (secondary N) is 2. The predicted molar refractivity (Wildman–Crippen MR) is 126 cm³/mol. The molecule has 0 saturated carbocycles. The number of carbonyl (C=O) groups excluding carboxylic acids is 2. The number of thiophene rings is 1. The fraction of sp³-hybridized carbons (Fsp3) is 0.217. The van der Waals surface area contributed by atoms with Gasteiger partial charge in [0.2, 0.25) is 5.91 Å². The Labute approximate surface area is 191 Å². The van der Waals surface area contributed by atoms with Crippen molar-refractivity contribution >= 4 is 44.5 Å². The summed E-state index contributed by atoms with van der Waals surface area (Å²) in [5.41, 5.74) is 3.15. The molecule has 2 aromatic carbocycles. The zero-order valence-corrected chi connectivity index (χ0v) is 19.1. The molecular formula is C23H23N3O4S2. The number of anilines is 2. The van der Waals surface area contributed by atoms with E-state index in [0.717, 1.165) is 41.1 Å². The Morgan fingerprint density at radius 2 is 1.78 bits per heavy atom. The molecule has 1 aliphatic heterocycles. The number of amides is 2. The van der Waals surface area contributed by atoms with Gasteiger partial charge in [0, 0.05) is 30.9 Å². The second kappa shape index (κ2) is 9.13. The van der Waals surface area contributed by atoms with Crippen molar-refractivity contribution in [2.75, 3.05) is 16.2 Å². The highest BCUT2D eigenvalue weighted by molar-refractivity contribution is 7.93. The minimum Gasteiger partial charge on any atom is -0.347 e. The fourth-order valence-electron chi connectivity index (χ4n) is 3.48. The van der Waals surface area contributed by atoms with E-state index >= 15 is 0 Å². The zero-order valence-electron chi connectivity index (χ0n) is 17.5. The van der Waals surface area contributed by atoms with E-state index in [9.17, 15) is 18.0 Å².